The van der Waals surface area contributed by atoms with Gasteiger partial charge >= 0.3 is 0 Å². The van der Waals surface area contributed by atoms with E-state index in [0.29, 0.717) is 40.1 Å². The van der Waals surface area contributed by atoms with E-state index in [1.54, 1.807) is 60.7 Å². The van der Waals surface area contributed by atoms with Crippen LogP contribution in [0.4, 0.5) is 11.4 Å². The van der Waals surface area contributed by atoms with E-state index in [-0.39, 0.29) is 11.3 Å². The van der Waals surface area contributed by atoms with Crippen LogP contribution >= 0.6 is 11.6 Å². The van der Waals surface area contributed by atoms with E-state index in [1.807, 2.05) is 19.1 Å². The van der Waals surface area contributed by atoms with Gasteiger partial charge in [0, 0.05) is 11.1 Å². The number of amides is 2. The van der Waals surface area contributed by atoms with Gasteiger partial charge in [0.1, 0.15) is 17.2 Å². The molecule has 32 heavy (non-hydrogen) atoms. The van der Waals surface area contributed by atoms with E-state index in [2.05, 4.69) is 5.32 Å². The van der Waals surface area contributed by atoms with Gasteiger partial charge in [0.05, 0.1) is 30.7 Å². The Morgan fingerprint density at radius 3 is 2.41 bits per heavy atom. The molecule has 7 heteroatoms. The first-order valence-electron chi connectivity index (χ1n) is 10.1. The second-order valence-electron chi connectivity index (χ2n) is 6.96. The molecule has 162 valence electrons. The Kier molecular flexibility index (Phi) is 6.14. The van der Waals surface area contributed by atoms with Crippen LogP contribution in [0.3, 0.4) is 0 Å². The number of halogens is 1. The van der Waals surface area contributed by atoms with Gasteiger partial charge in [-0.1, -0.05) is 41.9 Å². The molecule has 1 N–H and O–H groups in total. The highest BCUT2D eigenvalue weighted by atomic mass is 35.5. The van der Waals surface area contributed by atoms with Crippen molar-refractivity contribution in [1.82, 2.24) is 0 Å². The normalized spacial score (nSPS) is 13.5. The summed E-state index contributed by atoms with van der Waals surface area (Å²) < 4.78 is 10.9. The van der Waals surface area contributed by atoms with Crippen LogP contribution < -0.4 is 19.7 Å². The molecule has 3 aromatic carbocycles. The van der Waals surface area contributed by atoms with Crippen LogP contribution in [-0.2, 0) is 9.59 Å². The molecular formula is C25H21ClN2O4. The van der Waals surface area contributed by atoms with E-state index >= 15 is 0 Å². The first-order chi connectivity index (χ1) is 15.5. The number of methoxy groups -OCH3 is 1. The lowest BCUT2D eigenvalue weighted by molar-refractivity contribution is -0.120. The number of para-hydroxylation sites is 2. The fourth-order valence-electron chi connectivity index (χ4n) is 3.50. The Bertz CT molecular complexity index is 1200. The minimum atomic E-state index is -0.473. The third kappa shape index (κ3) is 4.05. The number of carbonyl (C=O) groups is 2. The maximum atomic E-state index is 13.5. The fourth-order valence-corrected chi connectivity index (χ4v) is 3.63. The van der Waals surface area contributed by atoms with Gasteiger partial charge in [-0.3, -0.25) is 9.59 Å². The van der Waals surface area contributed by atoms with E-state index in [1.165, 1.54) is 7.11 Å². The molecule has 1 aliphatic heterocycles. The van der Waals surface area contributed by atoms with Crippen molar-refractivity contribution in [2.24, 2.45) is 0 Å². The Balaban J connectivity index is 1.82. The zero-order chi connectivity index (χ0) is 22.7. The van der Waals surface area contributed by atoms with E-state index in [0.717, 1.165) is 4.90 Å². The van der Waals surface area contributed by atoms with Crippen LogP contribution in [0.5, 0.6) is 11.5 Å². The van der Waals surface area contributed by atoms with E-state index in [4.69, 9.17) is 21.1 Å². The summed E-state index contributed by atoms with van der Waals surface area (Å²) in [6.07, 6.45) is 0. The molecule has 6 nitrogen and oxygen atoms in total. The topological polar surface area (TPSA) is 67.9 Å². The SMILES string of the molecule is CCOc1ccccc1NC1=C(c2ccc(Cl)cc2)C(=O)N(c2cccc(OC)c2)C1=O. The van der Waals surface area contributed by atoms with Gasteiger partial charge < -0.3 is 14.8 Å². The van der Waals surface area contributed by atoms with Gasteiger partial charge in [-0.25, -0.2) is 4.90 Å². The monoisotopic (exact) mass is 448 g/mol. The molecule has 1 heterocycles. The van der Waals surface area contributed by atoms with Crippen LogP contribution in [0.1, 0.15) is 12.5 Å². The predicted octanol–water partition coefficient (Wildman–Crippen LogP) is 5.14. The van der Waals surface area contributed by atoms with Crippen molar-refractivity contribution in [3.8, 4) is 11.5 Å². The molecule has 0 bridgehead atoms. The molecular weight excluding hydrogens is 428 g/mol. The highest BCUT2D eigenvalue weighted by Crippen LogP contribution is 2.36. The molecule has 0 atom stereocenters. The largest absolute Gasteiger partial charge is 0.497 e. The van der Waals surface area contributed by atoms with Crippen LogP contribution in [0.15, 0.2) is 78.5 Å². The fraction of sp³-hybridized carbons (Fsp3) is 0.120. The summed E-state index contributed by atoms with van der Waals surface area (Å²) >= 11 is 6.04. The molecule has 0 spiro atoms. The van der Waals surface area contributed by atoms with Crippen molar-refractivity contribution in [2.45, 2.75) is 6.92 Å². The molecule has 2 amide bonds. The van der Waals surface area contributed by atoms with Gasteiger partial charge in [0.2, 0.25) is 0 Å². The minimum absolute atomic E-state index is 0.160. The van der Waals surface area contributed by atoms with Crippen molar-refractivity contribution in [1.29, 1.82) is 0 Å². The van der Waals surface area contributed by atoms with Crippen molar-refractivity contribution in [3.05, 3.63) is 89.1 Å². The number of benzene rings is 3. The van der Waals surface area contributed by atoms with Gasteiger partial charge in [0.15, 0.2) is 0 Å². The summed E-state index contributed by atoms with van der Waals surface area (Å²) in [6.45, 7) is 2.34. The number of nitrogens with zero attached hydrogens (tertiary/aromatic N) is 1. The van der Waals surface area contributed by atoms with E-state index in [9.17, 15) is 9.59 Å². The van der Waals surface area contributed by atoms with Gasteiger partial charge in [-0.15, -0.1) is 0 Å². The number of carbonyl (C=O) groups excluding carboxylic acids is 2. The maximum absolute atomic E-state index is 13.5. The zero-order valence-corrected chi connectivity index (χ0v) is 18.3. The second-order valence-corrected chi connectivity index (χ2v) is 7.39. The number of rotatable bonds is 7. The Morgan fingerprint density at radius 1 is 0.938 bits per heavy atom. The molecule has 0 aromatic heterocycles. The molecule has 0 radical (unpaired) electrons. The molecule has 0 aliphatic carbocycles. The van der Waals surface area contributed by atoms with Gasteiger partial charge in [-0.05, 0) is 48.9 Å². The summed E-state index contributed by atoms with van der Waals surface area (Å²) in [6, 6.07) is 20.9. The quantitative estimate of drug-likeness (QED) is 0.506. The molecule has 1 aliphatic rings. The molecule has 3 aromatic rings. The smallest absolute Gasteiger partial charge is 0.282 e. The average Bonchev–Trinajstić information content (AvgIpc) is 3.05. The lowest BCUT2D eigenvalue weighted by Crippen LogP contribution is -2.32. The second kappa shape index (κ2) is 9.16. The number of ether oxygens (including phenoxy) is 2. The molecule has 0 unspecified atom stereocenters. The summed E-state index contributed by atoms with van der Waals surface area (Å²) in [5, 5.41) is 3.68. The Morgan fingerprint density at radius 2 is 1.69 bits per heavy atom. The lowest BCUT2D eigenvalue weighted by Gasteiger charge is -2.16. The number of hydrogen-bond acceptors (Lipinski definition) is 5. The molecule has 4 rings (SSSR count). The highest BCUT2D eigenvalue weighted by Gasteiger charge is 2.40. The highest BCUT2D eigenvalue weighted by molar-refractivity contribution is 6.46. The van der Waals surface area contributed by atoms with Gasteiger partial charge in [0.25, 0.3) is 11.8 Å². The summed E-state index contributed by atoms with van der Waals surface area (Å²) in [5.41, 5.74) is 1.99. The maximum Gasteiger partial charge on any atom is 0.282 e. The lowest BCUT2D eigenvalue weighted by atomic mass is 10.0. The number of nitrogens with one attached hydrogen (secondary N) is 1. The Hall–Kier alpha value is -3.77. The van der Waals surface area contributed by atoms with Crippen molar-refractivity contribution < 1.29 is 19.1 Å². The molecule has 0 saturated heterocycles. The van der Waals surface area contributed by atoms with Crippen LogP contribution in [0.25, 0.3) is 5.57 Å². The summed E-state index contributed by atoms with van der Waals surface area (Å²) in [4.78, 5) is 28.2. The van der Waals surface area contributed by atoms with Crippen molar-refractivity contribution >= 4 is 40.4 Å². The standard InChI is InChI=1S/C25H21ClN2O4/c1-3-32-21-10-5-4-9-20(21)27-23-22(16-11-13-17(26)14-12-16)24(29)28(25(23)30)18-7-6-8-19(15-18)31-2/h4-15,27H,3H2,1-2H3. The van der Waals surface area contributed by atoms with Crippen molar-refractivity contribution in [2.75, 3.05) is 23.9 Å². The Labute approximate surface area is 191 Å². The van der Waals surface area contributed by atoms with Gasteiger partial charge in [-0.2, -0.15) is 0 Å². The zero-order valence-electron chi connectivity index (χ0n) is 17.6. The average molecular weight is 449 g/mol. The summed E-state index contributed by atoms with van der Waals surface area (Å²) in [5.74, 6) is 0.207. The summed E-state index contributed by atoms with van der Waals surface area (Å²) in [7, 11) is 1.53. The van der Waals surface area contributed by atoms with E-state index < -0.39 is 11.8 Å². The first-order valence-corrected chi connectivity index (χ1v) is 10.4. The van der Waals surface area contributed by atoms with Crippen molar-refractivity contribution in [3.63, 3.8) is 0 Å². The number of hydrogen-bond donors (Lipinski definition) is 1. The molecule has 0 fully saturated rings. The third-order valence-electron chi connectivity index (χ3n) is 4.97. The third-order valence-corrected chi connectivity index (χ3v) is 5.23. The predicted molar refractivity (Wildman–Crippen MR) is 125 cm³/mol. The van der Waals surface area contributed by atoms with Crippen LogP contribution in [0.2, 0.25) is 5.02 Å². The number of imide groups is 1. The first kappa shape index (κ1) is 21.5. The number of anilines is 2. The molecule has 0 saturated carbocycles. The van der Waals surface area contributed by atoms with Crippen LogP contribution in [-0.4, -0.2) is 25.5 Å². The minimum Gasteiger partial charge on any atom is -0.497 e. The van der Waals surface area contributed by atoms with Crippen LogP contribution in [0, 0.1) is 0 Å².